The molecule has 1 heterocycles. The molecule has 0 amide bonds. The first kappa shape index (κ1) is 13.6. The Hall–Kier alpha value is -0.480. The Labute approximate surface area is 103 Å². The minimum atomic E-state index is 0.551. The van der Waals surface area contributed by atoms with Crippen molar-refractivity contribution in [3.8, 4) is 0 Å². The SMILES string of the molecule is CCC(C)c1nnc(CCNCC(C)C)s1. The van der Waals surface area contributed by atoms with Crippen molar-refractivity contribution in [2.75, 3.05) is 13.1 Å². The molecule has 0 aliphatic heterocycles. The first-order valence-electron chi connectivity index (χ1n) is 6.16. The Morgan fingerprint density at radius 2 is 2.00 bits per heavy atom. The molecule has 0 saturated heterocycles. The highest BCUT2D eigenvalue weighted by Crippen LogP contribution is 2.22. The number of hydrogen-bond acceptors (Lipinski definition) is 4. The quantitative estimate of drug-likeness (QED) is 0.746. The van der Waals surface area contributed by atoms with Gasteiger partial charge in [-0.3, -0.25) is 0 Å². The average molecular weight is 241 g/mol. The minimum Gasteiger partial charge on any atom is -0.316 e. The lowest BCUT2D eigenvalue weighted by Crippen LogP contribution is -2.22. The molecule has 0 radical (unpaired) electrons. The molecule has 1 N–H and O–H groups in total. The van der Waals surface area contributed by atoms with E-state index in [-0.39, 0.29) is 0 Å². The van der Waals surface area contributed by atoms with Crippen molar-refractivity contribution in [3.63, 3.8) is 0 Å². The van der Waals surface area contributed by atoms with Crippen LogP contribution in [-0.2, 0) is 6.42 Å². The minimum absolute atomic E-state index is 0.551. The van der Waals surface area contributed by atoms with Gasteiger partial charge in [0.2, 0.25) is 0 Å². The Balaban J connectivity index is 2.29. The molecule has 1 aromatic heterocycles. The van der Waals surface area contributed by atoms with Crippen LogP contribution in [0.3, 0.4) is 0 Å². The van der Waals surface area contributed by atoms with Crippen LogP contribution in [0.2, 0.25) is 0 Å². The van der Waals surface area contributed by atoms with Gasteiger partial charge in [-0.05, 0) is 18.9 Å². The van der Waals surface area contributed by atoms with Crippen LogP contribution in [0.5, 0.6) is 0 Å². The van der Waals surface area contributed by atoms with Crippen molar-refractivity contribution in [3.05, 3.63) is 10.0 Å². The van der Waals surface area contributed by atoms with Crippen molar-refractivity contribution >= 4 is 11.3 Å². The largest absolute Gasteiger partial charge is 0.316 e. The third-order valence-electron chi connectivity index (χ3n) is 2.58. The van der Waals surface area contributed by atoms with Gasteiger partial charge in [-0.2, -0.15) is 0 Å². The zero-order valence-corrected chi connectivity index (χ0v) is 11.6. The van der Waals surface area contributed by atoms with Crippen LogP contribution in [0, 0.1) is 5.92 Å². The van der Waals surface area contributed by atoms with Gasteiger partial charge in [0.15, 0.2) is 0 Å². The maximum atomic E-state index is 4.24. The standard InChI is InChI=1S/C12H23N3S/c1-5-10(4)12-15-14-11(16-12)6-7-13-8-9(2)3/h9-10,13H,5-8H2,1-4H3. The van der Waals surface area contributed by atoms with Gasteiger partial charge in [-0.25, -0.2) is 0 Å². The molecule has 0 saturated carbocycles. The summed E-state index contributed by atoms with van der Waals surface area (Å²) in [6, 6.07) is 0. The van der Waals surface area contributed by atoms with Crippen molar-refractivity contribution in [2.45, 2.75) is 46.5 Å². The molecule has 0 fully saturated rings. The van der Waals surface area contributed by atoms with Gasteiger partial charge in [0.1, 0.15) is 10.0 Å². The normalized spacial score (nSPS) is 13.3. The molecular formula is C12H23N3S. The number of rotatable bonds is 7. The summed E-state index contributed by atoms with van der Waals surface area (Å²) in [6.45, 7) is 10.9. The third-order valence-corrected chi connectivity index (χ3v) is 3.80. The van der Waals surface area contributed by atoms with Gasteiger partial charge in [0.25, 0.3) is 0 Å². The van der Waals surface area contributed by atoms with E-state index < -0.39 is 0 Å². The maximum absolute atomic E-state index is 4.24. The Kier molecular flexibility index (Phi) is 5.91. The van der Waals surface area contributed by atoms with E-state index in [1.54, 1.807) is 11.3 Å². The Bertz CT molecular complexity index is 296. The molecule has 0 aliphatic carbocycles. The highest BCUT2D eigenvalue weighted by atomic mass is 32.1. The smallest absolute Gasteiger partial charge is 0.120 e. The molecule has 1 atom stereocenters. The van der Waals surface area contributed by atoms with E-state index in [4.69, 9.17) is 0 Å². The van der Waals surface area contributed by atoms with Gasteiger partial charge in [-0.1, -0.05) is 27.7 Å². The topological polar surface area (TPSA) is 37.8 Å². The predicted molar refractivity (Wildman–Crippen MR) is 70.0 cm³/mol. The molecule has 92 valence electrons. The second-order valence-electron chi connectivity index (χ2n) is 4.69. The lowest BCUT2D eigenvalue weighted by atomic mass is 10.1. The first-order valence-corrected chi connectivity index (χ1v) is 6.98. The summed E-state index contributed by atoms with van der Waals surface area (Å²) in [5.74, 6) is 1.26. The predicted octanol–water partition coefficient (Wildman–Crippen LogP) is 2.84. The second kappa shape index (κ2) is 6.97. The van der Waals surface area contributed by atoms with E-state index in [0.717, 1.165) is 30.9 Å². The van der Waals surface area contributed by atoms with Gasteiger partial charge < -0.3 is 5.32 Å². The van der Waals surface area contributed by atoms with Crippen LogP contribution in [-0.4, -0.2) is 23.3 Å². The Morgan fingerprint density at radius 3 is 2.62 bits per heavy atom. The van der Waals surface area contributed by atoms with Gasteiger partial charge in [-0.15, -0.1) is 21.5 Å². The summed E-state index contributed by atoms with van der Waals surface area (Å²) in [7, 11) is 0. The van der Waals surface area contributed by atoms with Gasteiger partial charge >= 0.3 is 0 Å². The molecule has 0 bridgehead atoms. The van der Waals surface area contributed by atoms with Crippen LogP contribution in [0.15, 0.2) is 0 Å². The van der Waals surface area contributed by atoms with Gasteiger partial charge in [0.05, 0.1) is 0 Å². The molecule has 3 nitrogen and oxygen atoms in total. The summed E-state index contributed by atoms with van der Waals surface area (Å²) in [4.78, 5) is 0. The fourth-order valence-electron chi connectivity index (χ4n) is 1.33. The Morgan fingerprint density at radius 1 is 1.25 bits per heavy atom. The molecule has 0 aromatic carbocycles. The van der Waals surface area contributed by atoms with E-state index in [9.17, 15) is 0 Å². The average Bonchev–Trinajstić information content (AvgIpc) is 2.71. The van der Waals surface area contributed by atoms with Crippen molar-refractivity contribution in [1.82, 2.24) is 15.5 Å². The molecule has 0 aliphatic rings. The van der Waals surface area contributed by atoms with Crippen LogP contribution in [0.4, 0.5) is 0 Å². The van der Waals surface area contributed by atoms with Crippen molar-refractivity contribution in [1.29, 1.82) is 0 Å². The van der Waals surface area contributed by atoms with E-state index in [1.165, 1.54) is 5.01 Å². The van der Waals surface area contributed by atoms with Crippen molar-refractivity contribution < 1.29 is 0 Å². The number of nitrogens with zero attached hydrogens (tertiary/aromatic N) is 2. The maximum Gasteiger partial charge on any atom is 0.120 e. The van der Waals surface area contributed by atoms with E-state index in [2.05, 4.69) is 43.2 Å². The molecule has 1 rings (SSSR count). The highest BCUT2D eigenvalue weighted by molar-refractivity contribution is 7.11. The molecular weight excluding hydrogens is 218 g/mol. The fourth-order valence-corrected chi connectivity index (χ4v) is 2.30. The summed E-state index contributed by atoms with van der Waals surface area (Å²) in [5.41, 5.74) is 0. The van der Waals surface area contributed by atoms with E-state index in [1.807, 2.05) is 0 Å². The molecule has 1 aromatic rings. The summed E-state index contributed by atoms with van der Waals surface area (Å²) < 4.78 is 0. The monoisotopic (exact) mass is 241 g/mol. The molecule has 0 spiro atoms. The number of hydrogen-bond donors (Lipinski definition) is 1. The molecule has 4 heteroatoms. The first-order chi connectivity index (χ1) is 7.63. The number of aromatic nitrogens is 2. The van der Waals surface area contributed by atoms with E-state index in [0.29, 0.717) is 11.8 Å². The van der Waals surface area contributed by atoms with Crippen LogP contribution in [0.1, 0.15) is 50.0 Å². The van der Waals surface area contributed by atoms with Crippen LogP contribution in [0.25, 0.3) is 0 Å². The summed E-state index contributed by atoms with van der Waals surface area (Å²) in [6.07, 6.45) is 2.14. The van der Waals surface area contributed by atoms with Crippen LogP contribution >= 0.6 is 11.3 Å². The number of nitrogens with one attached hydrogen (secondary N) is 1. The van der Waals surface area contributed by atoms with E-state index >= 15 is 0 Å². The lowest BCUT2D eigenvalue weighted by molar-refractivity contribution is 0.553. The third kappa shape index (κ3) is 4.58. The second-order valence-corrected chi connectivity index (χ2v) is 5.78. The van der Waals surface area contributed by atoms with Crippen LogP contribution < -0.4 is 5.32 Å². The summed E-state index contributed by atoms with van der Waals surface area (Å²) >= 11 is 1.76. The lowest BCUT2D eigenvalue weighted by Gasteiger charge is -2.05. The zero-order valence-electron chi connectivity index (χ0n) is 10.8. The van der Waals surface area contributed by atoms with Crippen molar-refractivity contribution in [2.24, 2.45) is 5.92 Å². The highest BCUT2D eigenvalue weighted by Gasteiger charge is 2.09. The molecule has 16 heavy (non-hydrogen) atoms. The fraction of sp³-hybridized carbons (Fsp3) is 0.833. The zero-order chi connectivity index (χ0) is 12.0. The van der Waals surface area contributed by atoms with Gasteiger partial charge in [0, 0.05) is 18.9 Å². The summed E-state index contributed by atoms with van der Waals surface area (Å²) in [5, 5.41) is 14.2. The molecule has 1 unspecified atom stereocenters.